The highest BCUT2D eigenvalue weighted by Gasteiger charge is 2.43. The molecule has 0 atom stereocenters. The van der Waals surface area contributed by atoms with Gasteiger partial charge in [-0.1, -0.05) is 11.6 Å². The van der Waals surface area contributed by atoms with Gasteiger partial charge in [0, 0.05) is 18.0 Å². The number of fused-ring (bicyclic) bond motifs is 2. The third-order valence-corrected chi connectivity index (χ3v) is 6.86. The van der Waals surface area contributed by atoms with Gasteiger partial charge < -0.3 is 20.5 Å². The van der Waals surface area contributed by atoms with Gasteiger partial charge in [-0.25, -0.2) is 9.78 Å². The quantitative estimate of drug-likeness (QED) is 0.807. The van der Waals surface area contributed by atoms with Crippen molar-refractivity contribution in [2.24, 2.45) is 0 Å². The molecule has 3 N–H and O–H groups in total. The number of nitrogen functional groups attached to an aromatic ring is 1. The molecule has 9 heteroatoms. The van der Waals surface area contributed by atoms with Gasteiger partial charge in [0.05, 0.1) is 12.3 Å². The van der Waals surface area contributed by atoms with Gasteiger partial charge in [-0.15, -0.1) is 11.3 Å². The van der Waals surface area contributed by atoms with Crippen LogP contribution in [-0.4, -0.2) is 40.7 Å². The summed E-state index contributed by atoms with van der Waals surface area (Å²) < 4.78 is 6.19. The molecule has 4 rings (SSSR count). The summed E-state index contributed by atoms with van der Waals surface area (Å²) >= 11 is 7.72. The van der Waals surface area contributed by atoms with Crippen molar-refractivity contribution in [3.8, 4) is 0 Å². The number of hydrogen-bond donors (Lipinski definition) is 2. The fourth-order valence-corrected chi connectivity index (χ4v) is 5.21. The maximum absolute atomic E-state index is 11.3. The number of carboxylic acids is 1. The molecule has 1 saturated heterocycles. The van der Waals surface area contributed by atoms with E-state index in [0.717, 1.165) is 29.7 Å². The number of thiophene rings is 1. The molecule has 0 saturated carbocycles. The molecule has 2 aliphatic heterocycles. The Kier molecular flexibility index (Phi) is 4.29. The smallest absolute Gasteiger partial charge is 0.345 e. The Labute approximate surface area is 159 Å². The number of carbonyl (C=O) groups is 1. The first-order valence-electron chi connectivity index (χ1n) is 8.44. The molecule has 2 aromatic heterocycles. The van der Waals surface area contributed by atoms with Crippen LogP contribution in [0.25, 0.3) is 0 Å². The number of piperidine rings is 1. The van der Waals surface area contributed by atoms with E-state index in [4.69, 9.17) is 22.1 Å². The molecular formula is C17H19ClN4O3S. The second-order valence-corrected chi connectivity index (χ2v) is 8.08. The first-order valence-corrected chi connectivity index (χ1v) is 9.64. The predicted octanol–water partition coefficient (Wildman–Crippen LogP) is 2.85. The first-order chi connectivity index (χ1) is 12.4. The number of halogens is 1. The van der Waals surface area contributed by atoms with Crippen molar-refractivity contribution in [1.82, 2.24) is 9.97 Å². The lowest BCUT2D eigenvalue weighted by Gasteiger charge is -2.44. The Morgan fingerprint density at radius 3 is 2.85 bits per heavy atom. The summed E-state index contributed by atoms with van der Waals surface area (Å²) in [6, 6.07) is 1.80. The maximum Gasteiger partial charge on any atom is 0.345 e. The summed E-state index contributed by atoms with van der Waals surface area (Å²) in [5.74, 6) is -0.0154. The van der Waals surface area contributed by atoms with Crippen LogP contribution in [0.15, 0.2) is 6.07 Å². The van der Waals surface area contributed by atoms with E-state index in [1.54, 1.807) is 6.07 Å². The lowest BCUT2D eigenvalue weighted by atomic mass is 9.85. The van der Waals surface area contributed by atoms with Crippen LogP contribution in [0, 0.1) is 6.92 Å². The SMILES string of the molecule is Cc1nc(N)nc(N2CCC3(CC2)OCCc2cc(C(=O)O)sc23)c1Cl. The monoisotopic (exact) mass is 394 g/mol. The minimum absolute atomic E-state index is 0.211. The average molecular weight is 395 g/mol. The van der Waals surface area contributed by atoms with Crippen LogP contribution < -0.4 is 10.6 Å². The Hall–Kier alpha value is -1.90. The van der Waals surface area contributed by atoms with E-state index >= 15 is 0 Å². The molecule has 0 amide bonds. The number of aromatic carboxylic acids is 1. The van der Waals surface area contributed by atoms with Crippen LogP contribution in [0.5, 0.6) is 0 Å². The van der Waals surface area contributed by atoms with E-state index in [1.165, 1.54) is 11.3 Å². The second kappa shape index (κ2) is 6.37. The fourth-order valence-electron chi connectivity index (χ4n) is 3.75. The molecule has 7 nitrogen and oxygen atoms in total. The minimum atomic E-state index is -0.879. The predicted molar refractivity (Wildman–Crippen MR) is 100 cm³/mol. The molecule has 138 valence electrons. The fraction of sp³-hybridized carbons (Fsp3) is 0.471. The summed E-state index contributed by atoms with van der Waals surface area (Å²) in [5.41, 5.74) is 7.13. The molecule has 0 unspecified atom stereocenters. The number of hydrogen-bond acceptors (Lipinski definition) is 7. The third kappa shape index (κ3) is 2.82. The van der Waals surface area contributed by atoms with Crippen LogP contribution in [0.2, 0.25) is 5.02 Å². The number of ether oxygens (including phenoxy) is 1. The molecule has 1 spiro atoms. The summed E-state index contributed by atoms with van der Waals surface area (Å²) in [7, 11) is 0. The van der Waals surface area contributed by atoms with Crippen molar-refractivity contribution in [3.05, 3.63) is 32.1 Å². The van der Waals surface area contributed by atoms with E-state index in [1.807, 2.05) is 6.92 Å². The number of rotatable bonds is 2. The van der Waals surface area contributed by atoms with Crippen molar-refractivity contribution >= 4 is 40.7 Å². The first kappa shape index (κ1) is 17.5. The summed E-state index contributed by atoms with van der Waals surface area (Å²) in [6.07, 6.45) is 2.26. The van der Waals surface area contributed by atoms with Gasteiger partial charge in [-0.05, 0) is 37.8 Å². The van der Waals surface area contributed by atoms with Crippen LogP contribution in [0.1, 0.15) is 38.6 Å². The van der Waals surface area contributed by atoms with Gasteiger partial charge in [0.1, 0.15) is 15.5 Å². The standard InChI is InChI=1S/C17H19ClN4O3S/c1-9-12(18)14(21-16(19)20-9)22-5-3-17(4-6-22)13-10(2-7-25-17)8-11(26-13)15(23)24/h8H,2-7H2,1H3,(H,23,24)(H2,19,20,21). The second-order valence-electron chi connectivity index (χ2n) is 6.65. The van der Waals surface area contributed by atoms with Crippen molar-refractivity contribution in [2.45, 2.75) is 31.8 Å². The number of anilines is 2. The number of aryl methyl sites for hydroxylation is 1. The van der Waals surface area contributed by atoms with E-state index in [-0.39, 0.29) is 5.95 Å². The largest absolute Gasteiger partial charge is 0.477 e. The van der Waals surface area contributed by atoms with Gasteiger partial charge in [-0.2, -0.15) is 4.98 Å². The van der Waals surface area contributed by atoms with Crippen LogP contribution in [0.3, 0.4) is 0 Å². The van der Waals surface area contributed by atoms with Gasteiger partial charge >= 0.3 is 5.97 Å². The number of nitrogens with zero attached hydrogens (tertiary/aromatic N) is 3. The molecule has 26 heavy (non-hydrogen) atoms. The Bertz CT molecular complexity index is 877. The van der Waals surface area contributed by atoms with E-state index in [2.05, 4.69) is 14.9 Å². The van der Waals surface area contributed by atoms with Crippen LogP contribution >= 0.6 is 22.9 Å². The molecule has 2 aliphatic rings. The summed E-state index contributed by atoms with van der Waals surface area (Å²) in [5, 5.41) is 9.83. The van der Waals surface area contributed by atoms with Crippen molar-refractivity contribution in [2.75, 3.05) is 30.3 Å². The van der Waals surface area contributed by atoms with Gasteiger partial charge in [0.2, 0.25) is 5.95 Å². The highest BCUT2D eigenvalue weighted by atomic mass is 35.5. The normalized spacial score (nSPS) is 18.8. The van der Waals surface area contributed by atoms with Crippen molar-refractivity contribution in [3.63, 3.8) is 0 Å². The Morgan fingerprint density at radius 2 is 2.15 bits per heavy atom. The van der Waals surface area contributed by atoms with Gasteiger partial charge in [-0.3, -0.25) is 0 Å². The average Bonchev–Trinajstić information content (AvgIpc) is 3.05. The van der Waals surface area contributed by atoms with E-state index in [0.29, 0.717) is 41.1 Å². The maximum atomic E-state index is 11.3. The lowest BCUT2D eigenvalue weighted by Crippen LogP contribution is -2.46. The van der Waals surface area contributed by atoms with Gasteiger partial charge in [0.15, 0.2) is 5.82 Å². The van der Waals surface area contributed by atoms with Crippen LogP contribution in [-0.2, 0) is 16.8 Å². The molecule has 0 bridgehead atoms. The highest BCUT2D eigenvalue weighted by molar-refractivity contribution is 7.14. The molecule has 0 aromatic carbocycles. The van der Waals surface area contributed by atoms with Crippen molar-refractivity contribution in [1.29, 1.82) is 0 Å². The number of carboxylic acid groups (broad SMARTS) is 1. The van der Waals surface area contributed by atoms with E-state index in [9.17, 15) is 9.90 Å². The molecular weight excluding hydrogens is 376 g/mol. The molecule has 0 radical (unpaired) electrons. The highest BCUT2D eigenvalue weighted by Crippen LogP contribution is 2.46. The number of nitrogens with two attached hydrogens (primary N) is 1. The Balaban J connectivity index is 1.61. The number of aromatic nitrogens is 2. The molecule has 4 heterocycles. The van der Waals surface area contributed by atoms with Crippen LogP contribution in [0.4, 0.5) is 11.8 Å². The van der Waals surface area contributed by atoms with E-state index < -0.39 is 11.6 Å². The minimum Gasteiger partial charge on any atom is -0.477 e. The molecule has 0 aliphatic carbocycles. The summed E-state index contributed by atoms with van der Waals surface area (Å²) in [6.45, 7) is 3.83. The zero-order valence-corrected chi connectivity index (χ0v) is 15.9. The van der Waals surface area contributed by atoms with Crippen molar-refractivity contribution < 1.29 is 14.6 Å². The topological polar surface area (TPSA) is 102 Å². The Morgan fingerprint density at radius 1 is 1.42 bits per heavy atom. The molecule has 2 aromatic rings. The third-order valence-electron chi connectivity index (χ3n) is 5.07. The zero-order valence-electron chi connectivity index (χ0n) is 14.3. The van der Waals surface area contributed by atoms with Gasteiger partial charge in [0.25, 0.3) is 0 Å². The lowest BCUT2D eigenvalue weighted by molar-refractivity contribution is -0.0735. The zero-order chi connectivity index (χ0) is 18.5. The summed E-state index contributed by atoms with van der Waals surface area (Å²) in [4.78, 5) is 23.3. The molecule has 1 fully saturated rings.